The monoisotopic (exact) mass is 891 g/mol. The molecule has 0 spiro atoms. The molecule has 0 N–H and O–H groups in total. The molecule has 6 nitrogen and oxygen atoms in total. The van der Waals surface area contributed by atoms with Crippen LogP contribution in [0.3, 0.4) is 0 Å². The highest BCUT2D eigenvalue weighted by Gasteiger charge is 2.19. The van der Waals surface area contributed by atoms with Crippen molar-refractivity contribution >= 4 is 17.9 Å². The average Bonchev–Trinajstić information content (AvgIpc) is 3.25. The molecule has 0 amide bonds. The second kappa shape index (κ2) is 48.3. The highest BCUT2D eigenvalue weighted by atomic mass is 16.6. The van der Waals surface area contributed by atoms with E-state index in [0.29, 0.717) is 19.3 Å². The molecule has 0 aromatic carbocycles. The van der Waals surface area contributed by atoms with Crippen molar-refractivity contribution in [3.05, 3.63) is 0 Å². The minimum absolute atomic E-state index is 0.0643. The van der Waals surface area contributed by atoms with E-state index in [9.17, 15) is 14.4 Å². The molecule has 374 valence electrons. The second-order valence-electron chi connectivity index (χ2n) is 20.8. The van der Waals surface area contributed by atoms with E-state index in [2.05, 4.69) is 41.5 Å². The SMILES string of the molecule is CCC(C)CCCCCCCCCCCCCCCCC(=O)OC[C@@H](COC(=O)CCCCCCCCCCCCCCCC(C)C)OC(=O)CCCCCCCCCCC(C)C. The van der Waals surface area contributed by atoms with Crippen LogP contribution in [-0.2, 0) is 28.6 Å². The van der Waals surface area contributed by atoms with Gasteiger partial charge in [-0.1, -0.05) is 273 Å². The van der Waals surface area contributed by atoms with E-state index in [-0.39, 0.29) is 31.1 Å². The predicted octanol–water partition coefficient (Wildman–Crippen LogP) is 18.3. The fourth-order valence-electron chi connectivity index (χ4n) is 8.61. The summed E-state index contributed by atoms with van der Waals surface area (Å²) in [4.78, 5) is 38.1. The largest absolute Gasteiger partial charge is 0.462 e. The third-order valence-electron chi connectivity index (χ3n) is 13.3. The Hall–Kier alpha value is -1.59. The van der Waals surface area contributed by atoms with E-state index in [0.717, 1.165) is 75.5 Å². The molecule has 0 radical (unpaired) electrons. The van der Waals surface area contributed by atoms with Crippen molar-refractivity contribution in [1.82, 2.24) is 0 Å². The summed E-state index contributed by atoms with van der Waals surface area (Å²) in [5.74, 6) is 1.68. The first-order chi connectivity index (χ1) is 30.6. The third kappa shape index (κ3) is 49.7. The molecule has 0 aliphatic heterocycles. The summed E-state index contributed by atoms with van der Waals surface area (Å²) in [5.41, 5.74) is 0. The van der Waals surface area contributed by atoms with Crippen LogP contribution >= 0.6 is 0 Å². The van der Waals surface area contributed by atoms with Crippen molar-refractivity contribution in [1.29, 1.82) is 0 Å². The lowest BCUT2D eigenvalue weighted by Crippen LogP contribution is -2.30. The van der Waals surface area contributed by atoms with Crippen LogP contribution < -0.4 is 0 Å². The molecular formula is C57H110O6. The molecule has 0 bridgehead atoms. The van der Waals surface area contributed by atoms with Gasteiger partial charge in [0.2, 0.25) is 0 Å². The molecule has 1 unspecified atom stereocenters. The van der Waals surface area contributed by atoms with E-state index in [1.807, 2.05) is 0 Å². The van der Waals surface area contributed by atoms with Crippen molar-refractivity contribution in [3.63, 3.8) is 0 Å². The Balaban J connectivity index is 4.26. The van der Waals surface area contributed by atoms with Gasteiger partial charge in [0.05, 0.1) is 0 Å². The Morgan fingerprint density at radius 2 is 0.556 bits per heavy atom. The summed E-state index contributed by atoms with van der Waals surface area (Å²) in [6, 6.07) is 0. The lowest BCUT2D eigenvalue weighted by Gasteiger charge is -2.18. The van der Waals surface area contributed by atoms with Gasteiger partial charge in [-0.3, -0.25) is 14.4 Å². The second-order valence-corrected chi connectivity index (χ2v) is 20.8. The number of ether oxygens (including phenoxy) is 3. The summed E-state index contributed by atoms with van der Waals surface area (Å²) in [6.45, 7) is 13.8. The summed E-state index contributed by atoms with van der Waals surface area (Å²) in [7, 11) is 0. The zero-order chi connectivity index (χ0) is 46.3. The number of hydrogen-bond donors (Lipinski definition) is 0. The molecule has 0 aliphatic carbocycles. The summed E-state index contributed by atoms with van der Waals surface area (Å²) in [5, 5.41) is 0. The Kier molecular flexibility index (Phi) is 47.1. The maximum absolute atomic E-state index is 12.8. The van der Waals surface area contributed by atoms with Crippen molar-refractivity contribution in [3.8, 4) is 0 Å². The molecule has 2 atom stereocenters. The molecule has 0 saturated heterocycles. The van der Waals surface area contributed by atoms with E-state index in [1.54, 1.807) is 0 Å². The van der Waals surface area contributed by atoms with Gasteiger partial charge in [0.15, 0.2) is 6.10 Å². The molecule has 0 aliphatic rings. The number of esters is 3. The normalized spacial score (nSPS) is 12.6. The topological polar surface area (TPSA) is 78.9 Å². The molecule has 0 saturated carbocycles. The first-order valence-corrected chi connectivity index (χ1v) is 28.1. The van der Waals surface area contributed by atoms with Crippen LogP contribution in [0.4, 0.5) is 0 Å². The van der Waals surface area contributed by atoms with Gasteiger partial charge in [-0.15, -0.1) is 0 Å². The minimum atomic E-state index is -0.763. The maximum Gasteiger partial charge on any atom is 0.306 e. The number of carbonyl (C=O) groups is 3. The fourth-order valence-corrected chi connectivity index (χ4v) is 8.61. The number of hydrogen-bond acceptors (Lipinski definition) is 6. The van der Waals surface area contributed by atoms with Gasteiger partial charge >= 0.3 is 17.9 Å². The van der Waals surface area contributed by atoms with Crippen LogP contribution in [0.2, 0.25) is 0 Å². The van der Waals surface area contributed by atoms with Crippen molar-refractivity contribution < 1.29 is 28.6 Å². The van der Waals surface area contributed by atoms with Crippen molar-refractivity contribution in [2.24, 2.45) is 17.8 Å². The summed E-state index contributed by atoms with van der Waals surface area (Å²) < 4.78 is 16.9. The molecule has 6 heteroatoms. The van der Waals surface area contributed by atoms with Crippen LogP contribution in [0.1, 0.15) is 311 Å². The Morgan fingerprint density at radius 3 is 0.825 bits per heavy atom. The van der Waals surface area contributed by atoms with E-state index < -0.39 is 6.10 Å². The molecule has 0 aromatic rings. The Labute approximate surface area is 393 Å². The minimum Gasteiger partial charge on any atom is -0.462 e. The maximum atomic E-state index is 12.8. The first-order valence-electron chi connectivity index (χ1n) is 28.1. The van der Waals surface area contributed by atoms with E-state index in [4.69, 9.17) is 14.2 Å². The Bertz CT molecular complexity index is 978. The van der Waals surface area contributed by atoms with Gasteiger partial charge < -0.3 is 14.2 Å². The highest BCUT2D eigenvalue weighted by molar-refractivity contribution is 5.71. The van der Waals surface area contributed by atoms with Gasteiger partial charge in [0.1, 0.15) is 13.2 Å². The van der Waals surface area contributed by atoms with Gasteiger partial charge in [-0.25, -0.2) is 0 Å². The van der Waals surface area contributed by atoms with Crippen LogP contribution in [0.25, 0.3) is 0 Å². The molecule has 0 heterocycles. The summed E-state index contributed by atoms with van der Waals surface area (Å²) >= 11 is 0. The standard InChI is InChI=1S/C57H110O6/c1-7-53(6)45-39-33-27-20-16-12-8-9-13-17-21-28-34-40-46-55(58)61-49-54(63-57(60)48-42-36-30-24-23-26-32-38-44-52(4)5)50-62-56(59)47-41-35-29-22-18-14-10-11-15-19-25-31-37-43-51(2)3/h51-54H,7-50H2,1-6H3/t53?,54-/m0/s1. The van der Waals surface area contributed by atoms with Crippen molar-refractivity contribution in [2.75, 3.05) is 13.2 Å². The molecular weight excluding hydrogens is 781 g/mol. The van der Waals surface area contributed by atoms with Gasteiger partial charge in [-0.2, -0.15) is 0 Å². The summed E-state index contributed by atoms with van der Waals surface area (Å²) in [6.07, 6.45) is 49.5. The quantitative estimate of drug-likeness (QED) is 0.0344. The van der Waals surface area contributed by atoms with E-state index in [1.165, 1.54) is 193 Å². The molecule has 0 aromatic heterocycles. The van der Waals surface area contributed by atoms with Crippen LogP contribution in [0.5, 0.6) is 0 Å². The molecule has 0 fully saturated rings. The smallest absolute Gasteiger partial charge is 0.306 e. The van der Waals surface area contributed by atoms with Crippen LogP contribution in [0.15, 0.2) is 0 Å². The average molecular weight is 892 g/mol. The van der Waals surface area contributed by atoms with Gasteiger partial charge in [-0.05, 0) is 37.0 Å². The first kappa shape index (κ1) is 61.4. The number of carbonyl (C=O) groups excluding carboxylic acids is 3. The zero-order valence-electron chi connectivity index (χ0n) is 43.4. The zero-order valence-corrected chi connectivity index (χ0v) is 43.4. The van der Waals surface area contributed by atoms with Gasteiger partial charge in [0, 0.05) is 19.3 Å². The number of rotatable bonds is 50. The molecule has 63 heavy (non-hydrogen) atoms. The molecule has 0 rings (SSSR count). The van der Waals surface area contributed by atoms with Crippen molar-refractivity contribution in [2.45, 2.75) is 317 Å². The van der Waals surface area contributed by atoms with Crippen LogP contribution in [0, 0.1) is 17.8 Å². The lowest BCUT2D eigenvalue weighted by atomic mass is 9.99. The fraction of sp³-hybridized carbons (Fsp3) is 0.947. The number of unbranched alkanes of at least 4 members (excludes halogenated alkanes) is 32. The van der Waals surface area contributed by atoms with E-state index >= 15 is 0 Å². The Morgan fingerprint density at radius 1 is 0.317 bits per heavy atom. The van der Waals surface area contributed by atoms with Crippen LogP contribution in [-0.4, -0.2) is 37.2 Å². The van der Waals surface area contributed by atoms with Gasteiger partial charge in [0.25, 0.3) is 0 Å². The lowest BCUT2D eigenvalue weighted by molar-refractivity contribution is -0.167. The third-order valence-corrected chi connectivity index (χ3v) is 13.3. The predicted molar refractivity (Wildman–Crippen MR) is 270 cm³/mol. The highest BCUT2D eigenvalue weighted by Crippen LogP contribution is 2.19.